The first-order valence-electron chi connectivity index (χ1n) is 10.7. The van der Waals surface area contributed by atoms with Crippen LogP contribution in [0.5, 0.6) is 11.5 Å². The van der Waals surface area contributed by atoms with Crippen molar-refractivity contribution in [3.63, 3.8) is 0 Å². The number of amides is 1. The SMILES string of the molecule is COc1cccc(C(=O)CN2C(=O)C(C)Oc3ccc(-c4csc(-c5ccccn5)n4)cc32)c1. The number of anilines is 1. The van der Waals surface area contributed by atoms with Gasteiger partial charge in [0.2, 0.25) is 0 Å². The van der Waals surface area contributed by atoms with Crippen LogP contribution in [0.15, 0.2) is 72.2 Å². The summed E-state index contributed by atoms with van der Waals surface area (Å²) in [5, 5.41) is 2.75. The van der Waals surface area contributed by atoms with Gasteiger partial charge in [0.1, 0.15) is 16.5 Å². The zero-order chi connectivity index (χ0) is 23.7. The molecule has 0 radical (unpaired) electrons. The Morgan fingerprint density at radius 3 is 2.79 bits per heavy atom. The number of nitrogens with zero attached hydrogens (tertiary/aromatic N) is 3. The van der Waals surface area contributed by atoms with Crippen molar-refractivity contribution in [1.82, 2.24) is 9.97 Å². The Hall–Kier alpha value is -4.04. The number of rotatable bonds is 6. The number of methoxy groups -OCH3 is 1. The summed E-state index contributed by atoms with van der Waals surface area (Å²) in [6.45, 7) is 1.58. The Morgan fingerprint density at radius 1 is 1.12 bits per heavy atom. The van der Waals surface area contributed by atoms with Gasteiger partial charge in [0, 0.05) is 22.7 Å². The van der Waals surface area contributed by atoms with Crippen LogP contribution in [-0.4, -0.2) is 41.4 Å². The van der Waals surface area contributed by atoms with Crippen LogP contribution in [0.2, 0.25) is 0 Å². The van der Waals surface area contributed by atoms with Crippen LogP contribution in [0.4, 0.5) is 5.69 Å². The maximum absolute atomic E-state index is 13.1. The van der Waals surface area contributed by atoms with Gasteiger partial charge in [0.25, 0.3) is 5.91 Å². The van der Waals surface area contributed by atoms with Crippen molar-refractivity contribution in [1.29, 1.82) is 0 Å². The van der Waals surface area contributed by atoms with Crippen LogP contribution in [0.3, 0.4) is 0 Å². The van der Waals surface area contributed by atoms with Crippen molar-refractivity contribution in [3.8, 4) is 33.5 Å². The Labute approximate surface area is 200 Å². The number of carbonyl (C=O) groups is 2. The molecule has 1 unspecified atom stereocenters. The second-order valence-electron chi connectivity index (χ2n) is 7.77. The number of carbonyl (C=O) groups excluding carboxylic acids is 2. The first-order valence-corrected chi connectivity index (χ1v) is 11.6. The molecule has 170 valence electrons. The molecule has 34 heavy (non-hydrogen) atoms. The maximum Gasteiger partial charge on any atom is 0.268 e. The normalized spacial score (nSPS) is 14.9. The number of ether oxygens (including phenoxy) is 2. The third-order valence-corrected chi connectivity index (χ3v) is 6.41. The Morgan fingerprint density at radius 2 is 2.00 bits per heavy atom. The summed E-state index contributed by atoms with van der Waals surface area (Å²) in [4.78, 5) is 36.6. The van der Waals surface area contributed by atoms with Gasteiger partial charge >= 0.3 is 0 Å². The lowest BCUT2D eigenvalue weighted by Crippen LogP contribution is -2.46. The minimum absolute atomic E-state index is 0.105. The molecule has 0 saturated heterocycles. The van der Waals surface area contributed by atoms with E-state index >= 15 is 0 Å². The first kappa shape index (κ1) is 21.8. The van der Waals surface area contributed by atoms with E-state index < -0.39 is 6.10 Å². The Bertz CT molecular complexity index is 1370. The van der Waals surface area contributed by atoms with Gasteiger partial charge in [-0.15, -0.1) is 11.3 Å². The van der Waals surface area contributed by atoms with Crippen molar-refractivity contribution in [2.75, 3.05) is 18.6 Å². The highest BCUT2D eigenvalue weighted by Gasteiger charge is 2.33. The summed E-state index contributed by atoms with van der Waals surface area (Å²) in [6, 6.07) is 18.2. The topological polar surface area (TPSA) is 81.6 Å². The molecular weight excluding hydrogens is 450 g/mol. The van der Waals surface area contributed by atoms with Crippen LogP contribution in [-0.2, 0) is 4.79 Å². The molecule has 7 nitrogen and oxygen atoms in total. The summed E-state index contributed by atoms with van der Waals surface area (Å²) in [7, 11) is 1.55. The quantitative estimate of drug-likeness (QED) is 0.373. The molecule has 5 rings (SSSR count). The van der Waals surface area contributed by atoms with Gasteiger partial charge in [-0.3, -0.25) is 19.5 Å². The molecule has 2 aromatic heterocycles. The van der Waals surface area contributed by atoms with Gasteiger partial charge < -0.3 is 9.47 Å². The minimum atomic E-state index is -0.688. The molecule has 1 atom stereocenters. The summed E-state index contributed by atoms with van der Waals surface area (Å²) >= 11 is 1.50. The molecule has 2 aromatic carbocycles. The molecule has 0 saturated carbocycles. The smallest absolute Gasteiger partial charge is 0.268 e. The van der Waals surface area contributed by atoms with E-state index in [4.69, 9.17) is 14.5 Å². The highest BCUT2D eigenvalue weighted by molar-refractivity contribution is 7.13. The molecule has 0 N–H and O–H groups in total. The highest BCUT2D eigenvalue weighted by Crippen LogP contribution is 2.38. The predicted octanol–water partition coefficient (Wildman–Crippen LogP) is 4.88. The highest BCUT2D eigenvalue weighted by atomic mass is 32.1. The number of thiazole rings is 1. The van der Waals surface area contributed by atoms with E-state index in [2.05, 4.69) is 4.98 Å². The van der Waals surface area contributed by atoms with E-state index in [1.807, 2.05) is 41.8 Å². The van der Waals surface area contributed by atoms with E-state index in [1.165, 1.54) is 16.2 Å². The molecule has 1 aliphatic heterocycles. The zero-order valence-corrected chi connectivity index (χ0v) is 19.4. The Kier molecular flexibility index (Phi) is 5.81. The number of benzene rings is 2. The number of hydrogen-bond donors (Lipinski definition) is 0. The summed E-state index contributed by atoms with van der Waals surface area (Å²) in [5.41, 5.74) is 3.41. The third-order valence-electron chi connectivity index (χ3n) is 5.54. The Balaban J connectivity index is 1.47. The van der Waals surface area contributed by atoms with Crippen molar-refractivity contribution in [2.24, 2.45) is 0 Å². The molecular formula is C26H21N3O4S. The molecule has 0 bridgehead atoms. The fraction of sp³-hybridized carbons (Fsp3) is 0.154. The fourth-order valence-corrected chi connectivity index (χ4v) is 4.58. The number of aromatic nitrogens is 2. The van der Waals surface area contributed by atoms with Crippen molar-refractivity contribution in [3.05, 3.63) is 77.8 Å². The number of ketones is 1. The maximum atomic E-state index is 13.1. The molecule has 0 aliphatic carbocycles. The van der Waals surface area contributed by atoms with E-state index in [0.29, 0.717) is 22.7 Å². The first-order chi connectivity index (χ1) is 16.5. The molecule has 1 aliphatic rings. The van der Waals surface area contributed by atoms with Crippen LogP contribution < -0.4 is 14.4 Å². The number of hydrogen-bond acceptors (Lipinski definition) is 7. The van der Waals surface area contributed by atoms with Gasteiger partial charge in [-0.1, -0.05) is 18.2 Å². The van der Waals surface area contributed by atoms with Gasteiger partial charge in [0.15, 0.2) is 11.9 Å². The van der Waals surface area contributed by atoms with Gasteiger partial charge in [0.05, 0.1) is 30.7 Å². The largest absolute Gasteiger partial charge is 0.497 e. The van der Waals surface area contributed by atoms with Crippen molar-refractivity contribution in [2.45, 2.75) is 13.0 Å². The lowest BCUT2D eigenvalue weighted by Gasteiger charge is -2.33. The average molecular weight is 472 g/mol. The second-order valence-corrected chi connectivity index (χ2v) is 8.63. The number of Topliss-reactive ketones (excluding diaryl/α,β-unsaturated/α-hetero) is 1. The summed E-state index contributed by atoms with van der Waals surface area (Å²) in [5.74, 6) is 0.675. The molecule has 8 heteroatoms. The van der Waals surface area contributed by atoms with Crippen molar-refractivity contribution >= 4 is 28.7 Å². The van der Waals surface area contributed by atoms with E-state index in [9.17, 15) is 9.59 Å². The standard InChI is InChI=1S/C26H21N3O4S/c1-16-26(31)29(14-23(30)18-6-5-7-19(12-18)32-2)22-13-17(9-10-24(22)33-16)21-15-34-25(28-21)20-8-3-4-11-27-20/h3-13,15-16H,14H2,1-2H3. The van der Waals surface area contributed by atoms with Gasteiger partial charge in [-0.05, 0) is 49.4 Å². The van der Waals surface area contributed by atoms with Crippen LogP contribution in [0.1, 0.15) is 17.3 Å². The minimum Gasteiger partial charge on any atom is -0.497 e. The van der Waals surface area contributed by atoms with E-state index in [-0.39, 0.29) is 18.2 Å². The summed E-state index contributed by atoms with van der Waals surface area (Å²) in [6.07, 6.45) is 1.04. The number of fused-ring (bicyclic) bond motifs is 1. The monoisotopic (exact) mass is 471 g/mol. The molecule has 1 amide bonds. The van der Waals surface area contributed by atoms with Gasteiger partial charge in [-0.25, -0.2) is 4.98 Å². The van der Waals surface area contributed by atoms with Crippen LogP contribution in [0, 0.1) is 0 Å². The number of pyridine rings is 1. The van der Waals surface area contributed by atoms with E-state index in [0.717, 1.165) is 22.0 Å². The molecule has 3 heterocycles. The third kappa shape index (κ3) is 4.15. The van der Waals surface area contributed by atoms with Crippen LogP contribution in [0.25, 0.3) is 22.0 Å². The molecule has 4 aromatic rings. The van der Waals surface area contributed by atoms with Crippen LogP contribution >= 0.6 is 11.3 Å². The molecule has 0 spiro atoms. The predicted molar refractivity (Wildman–Crippen MR) is 131 cm³/mol. The van der Waals surface area contributed by atoms with E-state index in [1.54, 1.807) is 44.5 Å². The second kappa shape index (κ2) is 9.07. The van der Waals surface area contributed by atoms with Crippen molar-refractivity contribution < 1.29 is 19.1 Å². The van der Waals surface area contributed by atoms with Gasteiger partial charge in [-0.2, -0.15) is 0 Å². The zero-order valence-electron chi connectivity index (χ0n) is 18.6. The lowest BCUT2D eigenvalue weighted by atomic mass is 10.1. The summed E-state index contributed by atoms with van der Waals surface area (Å²) < 4.78 is 11.0. The fourth-order valence-electron chi connectivity index (χ4n) is 3.77. The average Bonchev–Trinajstić information content (AvgIpc) is 3.37. The lowest BCUT2D eigenvalue weighted by molar-refractivity contribution is -0.125. The molecule has 0 fully saturated rings.